The van der Waals surface area contributed by atoms with Gasteiger partial charge in [-0.05, 0) is 24.3 Å². The zero-order valence-corrected chi connectivity index (χ0v) is 9.78. The van der Waals surface area contributed by atoms with Crippen LogP contribution in [0.4, 0.5) is 24.5 Å². The molecular formula is C12H12F3N3O. The first-order valence-corrected chi connectivity index (χ1v) is 5.51. The number of benzene rings is 1. The standard InChI is InChI=1S/C12H12F3N3O/c13-12(14,15)10(19)6-18-9-4-3-8(16)7-2-1-5-17-11(7)9/h1-5,10,18-19H,6,16H2. The third kappa shape index (κ3) is 2.87. The SMILES string of the molecule is Nc1ccc(NCC(O)C(F)(F)F)c2ncccc12. The zero-order chi connectivity index (χ0) is 14.0. The van der Waals surface area contributed by atoms with Crippen molar-refractivity contribution < 1.29 is 18.3 Å². The Hall–Kier alpha value is -2.02. The number of nitrogen functional groups attached to an aromatic ring is 1. The summed E-state index contributed by atoms with van der Waals surface area (Å²) >= 11 is 0. The minimum absolute atomic E-state index is 0.396. The predicted molar refractivity (Wildman–Crippen MR) is 66.7 cm³/mol. The van der Waals surface area contributed by atoms with E-state index in [-0.39, 0.29) is 0 Å². The van der Waals surface area contributed by atoms with Crippen LogP contribution in [0.1, 0.15) is 0 Å². The fourth-order valence-electron chi connectivity index (χ4n) is 1.66. The van der Waals surface area contributed by atoms with Crippen molar-refractivity contribution in [3.8, 4) is 0 Å². The predicted octanol–water partition coefficient (Wildman–Crippen LogP) is 2.15. The van der Waals surface area contributed by atoms with Gasteiger partial charge in [-0.15, -0.1) is 0 Å². The molecule has 0 aliphatic heterocycles. The van der Waals surface area contributed by atoms with Gasteiger partial charge in [0.2, 0.25) is 0 Å². The minimum Gasteiger partial charge on any atom is -0.398 e. The maximum Gasteiger partial charge on any atom is 0.416 e. The Kier molecular flexibility index (Phi) is 3.48. The summed E-state index contributed by atoms with van der Waals surface area (Å²) in [6.45, 7) is -0.640. The first kappa shape index (κ1) is 13.4. The lowest BCUT2D eigenvalue weighted by molar-refractivity contribution is -0.198. The number of anilines is 2. The van der Waals surface area contributed by atoms with E-state index < -0.39 is 18.8 Å². The highest BCUT2D eigenvalue weighted by atomic mass is 19.4. The smallest absolute Gasteiger partial charge is 0.398 e. The number of hydrogen-bond donors (Lipinski definition) is 3. The number of hydrogen-bond acceptors (Lipinski definition) is 4. The monoisotopic (exact) mass is 271 g/mol. The topological polar surface area (TPSA) is 71.2 Å². The number of halogens is 3. The summed E-state index contributed by atoms with van der Waals surface area (Å²) in [6, 6.07) is 6.52. The number of aliphatic hydroxyl groups is 1. The van der Waals surface area contributed by atoms with Gasteiger partial charge in [-0.3, -0.25) is 4.98 Å². The van der Waals surface area contributed by atoms with Crippen LogP contribution in [0.15, 0.2) is 30.5 Å². The number of nitrogens with zero attached hydrogens (tertiary/aromatic N) is 1. The van der Waals surface area contributed by atoms with Crippen molar-refractivity contribution in [1.82, 2.24) is 4.98 Å². The number of aliphatic hydroxyl groups excluding tert-OH is 1. The van der Waals surface area contributed by atoms with Crippen LogP contribution in [0.25, 0.3) is 10.9 Å². The summed E-state index contributed by atoms with van der Waals surface area (Å²) in [7, 11) is 0. The Balaban J connectivity index is 2.25. The Morgan fingerprint density at radius 2 is 2.05 bits per heavy atom. The van der Waals surface area contributed by atoms with E-state index in [0.29, 0.717) is 22.3 Å². The summed E-state index contributed by atoms with van der Waals surface area (Å²) < 4.78 is 36.6. The van der Waals surface area contributed by atoms with E-state index in [1.807, 2.05) is 0 Å². The highest BCUT2D eigenvalue weighted by molar-refractivity contribution is 5.98. The third-order valence-corrected chi connectivity index (χ3v) is 2.67. The molecule has 2 rings (SSSR count). The van der Waals surface area contributed by atoms with E-state index >= 15 is 0 Å². The largest absolute Gasteiger partial charge is 0.416 e. The second-order valence-corrected chi connectivity index (χ2v) is 4.04. The Bertz CT molecular complexity index is 586. The van der Waals surface area contributed by atoms with Crippen LogP contribution in [-0.2, 0) is 0 Å². The fraction of sp³-hybridized carbons (Fsp3) is 0.250. The number of pyridine rings is 1. The normalized spacial score (nSPS) is 13.5. The van der Waals surface area contributed by atoms with Crippen LogP contribution in [0.2, 0.25) is 0 Å². The van der Waals surface area contributed by atoms with Gasteiger partial charge in [0.25, 0.3) is 0 Å². The molecule has 0 amide bonds. The molecule has 7 heteroatoms. The minimum atomic E-state index is -4.65. The number of rotatable bonds is 3. The van der Waals surface area contributed by atoms with Gasteiger partial charge < -0.3 is 16.2 Å². The first-order valence-electron chi connectivity index (χ1n) is 5.51. The average Bonchev–Trinajstić information content (AvgIpc) is 2.37. The van der Waals surface area contributed by atoms with Crippen LogP contribution in [0.3, 0.4) is 0 Å². The van der Waals surface area contributed by atoms with E-state index in [0.717, 1.165) is 0 Å². The number of nitrogens with one attached hydrogen (secondary N) is 1. The van der Waals surface area contributed by atoms with Gasteiger partial charge in [0.1, 0.15) is 0 Å². The molecule has 0 bridgehead atoms. The van der Waals surface area contributed by atoms with E-state index in [1.54, 1.807) is 18.2 Å². The van der Waals surface area contributed by atoms with Gasteiger partial charge in [-0.25, -0.2) is 0 Å². The third-order valence-electron chi connectivity index (χ3n) is 2.67. The lowest BCUT2D eigenvalue weighted by Gasteiger charge is -2.16. The molecule has 0 aliphatic carbocycles. The molecule has 4 N–H and O–H groups in total. The number of fused-ring (bicyclic) bond motifs is 1. The van der Waals surface area contributed by atoms with E-state index in [4.69, 9.17) is 10.8 Å². The second kappa shape index (κ2) is 4.93. The molecule has 0 fully saturated rings. The van der Waals surface area contributed by atoms with Gasteiger partial charge in [-0.1, -0.05) is 0 Å². The van der Waals surface area contributed by atoms with Crippen molar-refractivity contribution in [2.45, 2.75) is 12.3 Å². The lowest BCUT2D eigenvalue weighted by atomic mass is 10.1. The number of nitrogens with two attached hydrogens (primary N) is 1. The molecule has 0 radical (unpaired) electrons. The number of aromatic nitrogens is 1. The van der Waals surface area contributed by atoms with Gasteiger partial charge in [0.15, 0.2) is 6.10 Å². The molecule has 1 atom stereocenters. The fourth-order valence-corrected chi connectivity index (χ4v) is 1.66. The van der Waals surface area contributed by atoms with Crippen LogP contribution in [0, 0.1) is 0 Å². The molecule has 1 aromatic carbocycles. The molecule has 1 unspecified atom stereocenters. The molecule has 1 heterocycles. The maximum absolute atomic E-state index is 12.2. The summed E-state index contributed by atoms with van der Waals surface area (Å²) in [5, 5.41) is 12.1. The highest BCUT2D eigenvalue weighted by Gasteiger charge is 2.37. The first-order chi connectivity index (χ1) is 8.89. The molecule has 4 nitrogen and oxygen atoms in total. The van der Waals surface area contributed by atoms with Crippen molar-refractivity contribution in [1.29, 1.82) is 0 Å². The zero-order valence-electron chi connectivity index (χ0n) is 9.78. The number of alkyl halides is 3. The van der Waals surface area contributed by atoms with Gasteiger partial charge >= 0.3 is 6.18 Å². The van der Waals surface area contributed by atoms with Crippen molar-refractivity contribution in [2.24, 2.45) is 0 Å². The molecule has 0 aliphatic rings. The van der Waals surface area contributed by atoms with Crippen LogP contribution < -0.4 is 11.1 Å². The van der Waals surface area contributed by atoms with E-state index in [2.05, 4.69) is 10.3 Å². The Morgan fingerprint density at radius 3 is 2.74 bits per heavy atom. The maximum atomic E-state index is 12.2. The Labute approximate surface area is 107 Å². The summed E-state index contributed by atoms with van der Waals surface area (Å²) in [4.78, 5) is 4.08. The Morgan fingerprint density at radius 1 is 1.32 bits per heavy atom. The van der Waals surface area contributed by atoms with E-state index in [1.165, 1.54) is 12.3 Å². The molecule has 19 heavy (non-hydrogen) atoms. The van der Waals surface area contributed by atoms with E-state index in [9.17, 15) is 13.2 Å². The van der Waals surface area contributed by atoms with Gasteiger partial charge in [-0.2, -0.15) is 13.2 Å². The van der Waals surface area contributed by atoms with Crippen LogP contribution in [0.5, 0.6) is 0 Å². The summed E-state index contributed by atoms with van der Waals surface area (Å²) in [5.74, 6) is 0. The van der Waals surface area contributed by atoms with Gasteiger partial charge in [0, 0.05) is 23.8 Å². The molecule has 102 valence electrons. The molecular weight excluding hydrogens is 259 g/mol. The molecule has 2 aromatic rings. The second-order valence-electron chi connectivity index (χ2n) is 4.04. The lowest BCUT2D eigenvalue weighted by Crippen LogP contribution is -2.35. The van der Waals surface area contributed by atoms with Crippen LogP contribution in [-0.4, -0.2) is 28.9 Å². The molecule has 1 aromatic heterocycles. The van der Waals surface area contributed by atoms with Crippen LogP contribution >= 0.6 is 0 Å². The van der Waals surface area contributed by atoms with Crippen molar-refractivity contribution in [3.05, 3.63) is 30.5 Å². The highest BCUT2D eigenvalue weighted by Crippen LogP contribution is 2.27. The molecule has 0 saturated heterocycles. The summed E-state index contributed by atoms with van der Waals surface area (Å²) in [5.41, 5.74) is 7.11. The quantitative estimate of drug-likeness (QED) is 0.748. The molecule has 0 spiro atoms. The van der Waals surface area contributed by atoms with Gasteiger partial charge in [0.05, 0.1) is 11.2 Å². The van der Waals surface area contributed by atoms with Crippen molar-refractivity contribution >= 4 is 22.3 Å². The molecule has 0 saturated carbocycles. The van der Waals surface area contributed by atoms with Crippen molar-refractivity contribution in [2.75, 3.05) is 17.6 Å². The average molecular weight is 271 g/mol. The van der Waals surface area contributed by atoms with Crippen molar-refractivity contribution in [3.63, 3.8) is 0 Å². The summed E-state index contributed by atoms with van der Waals surface area (Å²) in [6.07, 6.45) is -5.55.